The zero-order valence-electron chi connectivity index (χ0n) is 11.5. The van der Waals surface area contributed by atoms with Crippen LogP contribution < -0.4 is 0 Å². The predicted molar refractivity (Wildman–Crippen MR) is 74.8 cm³/mol. The van der Waals surface area contributed by atoms with Crippen LogP contribution in [0.1, 0.15) is 30.7 Å². The molecule has 1 aromatic heterocycles. The van der Waals surface area contributed by atoms with Crippen molar-refractivity contribution < 1.29 is 12.9 Å². The van der Waals surface area contributed by atoms with Crippen molar-refractivity contribution in [3.05, 3.63) is 35.7 Å². The number of benzene rings is 1. The van der Waals surface area contributed by atoms with Crippen LogP contribution in [0.4, 0.5) is 0 Å². The molecule has 0 amide bonds. The van der Waals surface area contributed by atoms with Crippen LogP contribution in [0.2, 0.25) is 0 Å². The van der Waals surface area contributed by atoms with Crippen LogP contribution in [0.25, 0.3) is 11.4 Å². The first-order valence-electron chi connectivity index (χ1n) is 6.53. The van der Waals surface area contributed by atoms with Gasteiger partial charge in [0.1, 0.15) is 0 Å². The zero-order chi connectivity index (χ0) is 14.4. The third kappa shape index (κ3) is 1.95. The molecular formula is C14H16N2O3S. The van der Waals surface area contributed by atoms with E-state index in [1.165, 1.54) is 6.26 Å². The molecule has 1 saturated carbocycles. The van der Waals surface area contributed by atoms with Gasteiger partial charge in [-0.2, -0.15) is 4.98 Å². The summed E-state index contributed by atoms with van der Waals surface area (Å²) in [7, 11) is -3.25. The molecule has 1 aromatic carbocycles. The fourth-order valence-corrected chi connectivity index (χ4v) is 3.90. The maximum atomic E-state index is 12.0. The van der Waals surface area contributed by atoms with Gasteiger partial charge in [0, 0.05) is 11.8 Å². The highest BCUT2D eigenvalue weighted by Crippen LogP contribution is 2.47. The second-order valence-electron chi connectivity index (χ2n) is 5.41. The van der Waals surface area contributed by atoms with Crippen LogP contribution >= 0.6 is 0 Å². The highest BCUT2D eigenvalue weighted by molar-refractivity contribution is 7.91. The van der Waals surface area contributed by atoms with Crippen LogP contribution in [-0.2, 0) is 14.6 Å². The van der Waals surface area contributed by atoms with E-state index < -0.39 is 14.6 Å². The third-order valence-corrected chi connectivity index (χ3v) is 6.00. The van der Waals surface area contributed by atoms with Crippen molar-refractivity contribution in [1.29, 1.82) is 0 Å². The number of hydrogen-bond acceptors (Lipinski definition) is 5. The number of sulfone groups is 1. The lowest BCUT2D eigenvalue weighted by Crippen LogP contribution is -2.42. The van der Waals surface area contributed by atoms with Crippen molar-refractivity contribution in [2.45, 2.75) is 30.9 Å². The maximum absolute atomic E-state index is 12.0. The number of aryl methyl sites for hydroxylation is 1. The molecule has 6 heteroatoms. The van der Waals surface area contributed by atoms with Crippen molar-refractivity contribution >= 4 is 9.84 Å². The largest absolute Gasteiger partial charge is 0.337 e. The summed E-state index contributed by atoms with van der Waals surface area (Å²) in [6.07, 6.45) is 3.22. The van der Waals surface area contributed by atoms with Crippen molar-refractivity contribution in [2.75, 3.05) is 6.26 Å². The van der Waals surface area contributed by atoms with Gasteiger partial charge in [0.15, 0.2) is 14.6 Å². The van der Waals surface area contributed by atoms with Crippen molar-refractivity contribution in [1.82, 2.24) is 10.1 Å². The van der Waals surface area contributed by atoms with Crippen LogP contribution in [0.15, 0.2) is 28.8 Å². The fraction of sp³-hybridized carbons (Fsp3) is 0.429. The summed E-state index contributed by atoms with van der Waals surface area (Å²) in [5, 5.41) is 3.93. The van der Waals surface area contributed by atoms with Gasteiger partial charge in [-0.05, 0) is 26.2 Å². The Balaban J connectivity index is 2.00. The Labute approximate surface area is 117 Å². The summed E-state index contributed by atoms with van der Waals surface area (Å²) >= 11 is 0. The van der Waals surface area contributed by atoms with E-state index in [4.69, 9.17) is 4.52 Å². The molecular weight excluding hydrogens is 276 g/mol. The summed E-state index contributed by atoms with van der Waals surface area (Å²) in [5.74, 6) is 0.664. The third-order valence-electron chi connectivity index (χ3n) is 4.00. The molecule has 0 saturated heterocycles. The summed E-state index contributed by atoms with van der Waals surface area (Å²) in [6.45, 7) is 2.00. The van der Waals surface area contributed by atoms with Gasteiger partial charge in [0.2, 0.25) is 11.7 Å². The lowest BCUT2D eigenvalue weighted by molar-refractivity contribution is 0.251. The summed E-state index contributed by atoms with van der Waals surface area (Å²) < 4.78 is 28.3. The first kappa shape index (κ1) is 13.3. The lowest BCUT2D eigenvalue weighted by Gasteiger charge is -2.36. The van der Waals surface area contributed by atoms with E-state index in [0.29, 0.717) is 18.7 Å². The molecule has 0 radical (unpaired) electrons. The Kier molecular flexibility index (Phi) is 2.93. The Bertz CT molecular complexity index is 728. The molecule has 1 aliphatic rings. The molecule has 0 spiro atoms. The highest BCUT2D eigenvalue weighted by Gasteiger charge is 2.52. The van der Waals surface area contributed by atoms with Crippen LogP contribution in [-0.4, -0.2) is 24.8 Å². The maximum Gasteiger partial charge on any atom is 0.248 e. The minimum Gasteiger partial charge on any atom is -0.337 e. The van der Waals surface area contributed by atoms with Gasteiger partial charge < -0.3 is 4.52 Å². The van der Waals surface area contributed by atoms with Gasteiger partial charge in [-0.3, -0.25) is 0 Å². The molecule has 2 aromatic rings. The van der Waals surface area contributed by atoms with E-state index in [2.05, 4.69) is 10.1 Å². The van der Waals surface area contributed by atoms with E-state index in [-0.39, 0.29) is 5.89 Å². The van der Waals surface area contributed by atoms with Gasteiger partial charge >= 0.3 is 0 Å². The topological polar surface area (TPSA) is 73.1 Å². The standard InChI is InChI=1S/C14H16N2O3S/c1-10-4-6-11(7-5-10)12-15-13(19-16-12)14(8-3-9-14)20(2,17)18/h4-7H,3,8-9H2,1-2H3. The second kappa shape index (κ2) is 4.41. The van der Waals surface area contributed by atoms with Crippen LogP contribution in [0.5, 0.6) is 0 Å². The molecule has 106 valence electrons. The SMILES string of the molecule is Cc1ccc(-c2noc(C3(S(C)(=O)=O)CCC3)n2)cc1. The van der Waals surface area contributed by atoms with Gasteiger partial charge in [-0.25, -0.2) is 8.42 Å². The van der Waals surface area contributed by atoms with E-state index in [1.54, 1.807) is 0 Å². The lowest BCUT2D eigenvalue weighted by atomic mass is 9.84. The minimum absolute atomic E-state index is 0.224. The molecule has 1 aliphatic carbocycles. The molecule has 0 N–H and O–H groups in total. The summed E-state index contributed by atoms with van der Waals surface area (Å²) in [5.41, 5.74) is 1.97. The number of rotatable bonds is 3. The monoisotopic (exact) mass is 292 g/mol. The fourth-order valence-electron chi connectivity index (χ4n) is 2.47. The summed E-state index contributed by atoms with van der Waals surface area (Å²) in [6, 6.07) is 7.72. The van der Waals surface area contributed by atoms with Crippen molar-refractivity contribution in [3.63, 3.8) is 0 Å². The molecule has 0 bridgehead atoms. The Hall–Kier alpha value is -1.69. The minimum atomic E-state index is -3.25. The Morgan fingerprint density at radius 3 is 2.35 bits per heavy atom. The number of nitrogens with zero attached hydrogens (tertiary/aromatic N) is 2. The van der Waals surface area contributed by atoms with Crippen molar-refractivity contribution in [3.8, 4) is 11.4 Å². The Morgan fingerprint density at radius 2 is 1.85 bits per heavy atom. The quantitative estimate of drug-likeness (QED) is 0.869. The molecule has 1 fully saturated rings. The smallest absolute Gasteiger partial charge is 0.248 e. The predicted octanol–water partition coefficient (Wildman–Crippen LogP) is 2.47. The van der Waals surface area contributed by atoms with Crippen LogP contribution in [0.3, 0.4) is 0 Å². The molecule has 0 atom stereocenters. The molecule has 0 unspecified atom stereocenters. The highest BCUT2D eigenvalue weighted by atomic mass is 32.2. The normalized spacial score (nSPS) is 17.7. The number of aromatic nitrogens is 2. The molecule has 5 nitrogen and oxygen atoms in total. The molecule has 3 rings (SSSR count). The van der Waals surface area contributed by atoms with Gasteiger partial charge in [0.25, 0.3) is 0 Å². The van der Waals surface area contributed by atoms with Gasteiger partial charge in [0.05, 0.1) is 0 Å². The Morgan fingerprint density at radius 1 is 1.20 bits per heavy atom. The van der Waals surface area contributed by atoms with E-state index in [1.807, 2.05) is 31.2 Å². The average molecular weight is 292 g/mol. The van der Waals surface area contributed by atoms with Gasteiger partial charge in [-0.1, -0.05) is 35.0 Å². The molecule has 0 aliphatic heterocycles. The van der Waals surface area contributed by atoms with Crippen molar-refractivity contribution in [2.24, 2.45) is 0 Å². The second-order valence-corrected chi connectivity index (χ2v) is 7.73. The first-order chi connectivity index (χ1) is 9.42. The van der Waals surface area contributed by atoms with E-state index in [0.717, 1.165) is 17.5 Å². The molecule has 20 heavy (non-hydrogen) atoms. The zero-order valence-corrected chi connectivity index (χ0v) is 12.3. The number of hydrogen-bond donors (Lipinski definition) is 0. The van der Waals surface area contributed by atoms with Crippen LogP contribution in [0, 0.1) is 6.92 Å². The molecule has 1 heterocycles. The summed E-state index contributed by atoms with van der Waals surface area (Å²) in [4.78, 5) is 4.31. The van der Waals surface area contributed by atoms with E-state index in [9.17, 15) is 8.42 Å². The van der Waals surface area contributed by atoms with E-state index >= 15 is 0 Å². The average Bonchev–Trinajstić information content (AvgIpc) is 2.76. The van der Waals surface area contributed by atoms with Gasteiger partial charge in [-0.15, -0.1) is 0 Å². The first-order valence-corrected chi connectivity index (χ1v) is 8.42.